The van der Waals surface area contributed by atoms with Gasteiger partial charge in [0.1, 0.15) is 0 Å². The molecule has 0 fully saturated rings. The maximum absolute atomic E-state index is 13.3. The van der Waals surface area contributed by atoms with Crippen LogP contribution in [-0.4, -0.2) is 26.0 Å². The number of rotatable bonds is 6. The van der Waals surface area contributed by atoms with Crippen molar-refractivity contribution in [3.8, 4) is 0 Å². The maximum Gasteiger partial charge on any atom is 0.417 e. The van der Waals surface area contributed by atoms with E-state index in [2.05, 4.69) is 4.99 Å². The van der Waals surface area contributed by atoms with E-state index in [1.165, 1.54) is 6.92 Å². The molecule has 0 radical (unpaired) electrons. The first-order chi connectivity index (χ1) is 11.4. The van der Waals surface area contributed by atoms with E-state index in [0.717, 1.165) is 12.5 Å². The van der Waals surface area contributed by atoms with Crippen molar-refractivity contribution < 1.29 is 26.4 Å². The molecule has 1 amide bonds. The van der Waals surface area contributed by atoms with Crippen LogP contribution in [0.5, 0.6) is 0 Å². The molecule has 0 unspecified atom stereocenters. The van der Waals surface area contributed by atoms with Crippen LogP contribution in [0.2, 0.25) is 0 Å². The Bertz CT molecular complexity index is 783. The topological polar surface area (TPSA) is 116 Å². The van der Waals surface area contributed by atoms with Crippen molar-refractivity contribution in [3.05, 3.63) is 28.8 Å². The highest BCUT2D eigenvalue weighted by atomic mass is 32.2. The van der Waals surface area contributed by atoms with Gasteiger partial charge in [-0.2, -0.15) is 18.2 Å². The summed E-state index contributed by atoms with van der Waals surface area (Å²) in [4.78, 5) is 14.2. The number of hydrogen-bond acceptors (Lipinski definition) is 3. The van der Waals surface area contributed by atoms with Crippen molar-refractivity contribution >= 4 is 21.7 Å². The fourth-order valence-electron chi connectivity index (χ4n) is 2.22. The number of carbonyl (C=O) groups excluding carboxylic acids is 1. The zero-order chi connectivity index (χ0) is 19.4. The fraction of sp³-hybridized carbons (Fsp3) is 0.467. The van der Waals surface area contributed by atoms with Crippen molar-refractivity contribution in [1.29, 1.82) is 0 Å². The molecule has 10 heteroatoms. The first-order valence-corrected chi connectivity index (χ1v) is 9.14. The molecule has 0 heterocycles. The third-order valence-electron chi connectivity index (χ3n) is 3.44. The molecule has 0 atom stereocenters. The smallest absolute Gasteiger partial charge is 0.370 e. The minimum atomic E-state index is -4.95. The largest absolute Gasteiger partial charge is 0.417 e. The monoisotopic (exact) mass is 379 g/mol. The Morgan fingerprint density at radius 3 is 2.28 bits per heavy atom. The summed E-state index contributed by atoms with van der Waals surface area (Å²) in [6, 6.07) is 1.33. The fourth-order valence-corrected chi connectivity index (χ4v) is 3.89. The number of carbonyl (C=O) groups is 1. The summed E-state index contributed by atoms with van der Waals surface area (Å²) < 4.78 is 64.7. The van der Waals surface area contributed by atoms with Crippen LogP contribution in [0.15, 0.2) is 22.0 Å². The van der Waals surface area contributed by atoms with Crippen LogP contribution in [0.1, 0.15) is 47.7 Å². The molecule has 0 aliphatic carbocycles. The molecule has 4 N–H and O–H groups in total. The van der Waals surface area contributed by atoms with Gasteiger partial charge >= 0.3 is 6.18 Å². The van der Waals surface area contributed by atoms with Crippen molar-refractivity contribution in [2.45, 2.75) is 44.2 Å². The number of unbranched alkanes of at least 4 members (excludes halogenated alkanes) is 2. The van der Waals surface area contributed by atoms with Gasteiger partial charge in [0.15, 0.2) is 15.8 Å². The highest BCUT2D eigenvalue weighted by Crippen LogP contribution is 2.36. The lowest BCUT2D eigenvalue weighted by Crippen LogP contribution is -2.24. The normalized spacial score (nSPS) is 12.0. The summed E-state index contributed by atoms with van der Waals surface area (Å²) in [5, 5.41) is 0. The standard InChI is InChI=1S/C15H20F3N3O3S/c1-3-4-5-6-25(23,24)12-7-9(2)10(13(22)21-14(19)20)8-11(12)15(16,17)18/h7-8H,3-6H2,1-2H3,(H4,19,20,21,22). The van der Waals surface area contributed by atoms with Crippen LogP contribution in [0.25, 0.3) is 0 Å². The zero-order valence-electron chi connectivity index (χ0n) is 13.9. The van der Waals surface area contributed by atoms with E-state index in [4.69, 9.17) is 11.5 Å². The number of guanidine groups is 1. The number of sulfone groups is 1. The Morgan fingerprint density at radius 2 is 1.80 bits per heavy atom. The van der Waals surface area contributed by atoms with Gasteiger partial charge in [-0.15, -0.1) is 0 Å². The molecule has 1 rings (SSSR count). The second kappa shape index (κ2) is 7.85. The lowest BCUT2D eigenvalue weighted by Gasteiger charge is -2.16. The van der Waals surface area contributed by atoms with E-state index in [1.54, 1.807) is 0 Å². The highest BCUT2D eigenvalue weighted by Gasteiger charge is 2.38. The summed E-state index contributed by atoms with van der Waals surface area (Å²) in [6.45, 7) is 3.17. The van der Waals surface area contributed by atoms with E-state index in [1.807, 2.05) is 6.92 Å². The number of nitrogens with two attached hydrogens (primary N) is 2. The molecule has 0 aliphatic rings. The third kappa shape index (κ3) is 5.45. The quantitative estimate of drug-likeness (QED) is 0.447. The van der Waals surface area contributed by atoms with Crippen LogP contribution in [0.3, 0.4) is 0 Å². The number of halogens is 3. The lowest BCUT2D eigenvalue weighted by atomic mass is 10.0. The van der Waals surface area contributed by atoms with Gasteiger partial charge in [0.2, 0.25) is 0 Å². The predicted molar refractivity (Wildman–Crippen MR) is 87.9 cm³/mol. The Labute approximate surface area is 144 Å². The summed E-state index contributed by atoms with van der Waals surface area (Å²) >= 11 is 0. The molecule has 6 nitrogen and oxygen atoms in total. The second-order valence-electron chi connectivity index (χ2n) is 5.53. The Balaban J connectivity index is 3.53. The van der Waals surface area contributed by atoms with E-state index in [0.29, 0.717) is 12.5 Å². The first kappa shape index (κ1) is 20.9. The van der Waals surface area contributed by atoms with E-state index < -0.39 is 49.7 Å². The van der Waals surface area contributed by atoms with Gasteiger partial charge in [0, 0.05) is 5.56 Å². The van der Waals surface area contributed by atoms with Crippen LogP contribution in [0.4, 0.5) is 13.2 Å². The van der Waals surface area contributed by atoms with Gasteiger partial charge in [0.25, 0.3) is 5.91 Å². The van der Waals surface area contributed by atoms with Gasteiger partial charge < -0.3 is 11.5 Å². The summed E-state index contributed by atoms with van der Waals surface area (Å²) in [5.41, 5.74) is 8.35. The van der Waals surface area contributed by atoms with E-state index in [-0.39, 0.29) is 12.0 Å². The van der Waals surface area contributed by atoms with Crippen LogP contribution >= 0.6 is 0 Å². The Kier molecular flexibility index (Phi) is 6.58. The van der Waals surface area contributed by atoms with Crippen LogP contribution < -0.4 is 11.5 Å². The molecule has 0 spiro atoms. The van der Waals surface area contributed by atoms with Crippen LogP contribution in [0, 0.1) is 6.92 Å². The number of alkyl halides is 3. The van der Waals surface area contributed by atoms with Crippen molar-refractivity contribution in [1.82, 2.24) is 0 Å². The van der Waals surface area contributed by atoms with E-state index >= 15 is 0 Å². The van der Waals surface area contributed by atoms with Gasteiger partial charge in [-0.05, 0) is 31.0 Å². The average molecular weight is 379 g/mol. The zero-order valence-corrected chi connectivity index (χ0v) is 14.7. The third-order valence-corrected chi connectivity index (χ3v) is 5.28. The first-order valence-electron chi connectivity index (χ1n) is 7.48. The molecule has 25 heavy (non-hydrogen) atoms. The van der Waals surface area contributed by atoms with Gasteiger partial charge in [-0.1, -0.05) is 19.8 Å². The number of nitrogens with zero attached hydrogens (tertiary/aromatic N) is 1. The van der Waals surface area contributed by atoms with Gasteiger partial charge in [0.05, 0.1) is 16.2 Å². The van der Waals surface area contributed by atoms with E-state index in [9.17, 15) is 26.4 Å². The molecule has 0 saturated heterocycles. The number of hydrogen-bond donors (Lipinski definition) is 2. The average Bonchev–Trinajstić information content (AvgIpc) is 2.44. The van der Waals surface area contributed by atoms with Crippen molar-refractivity contribution in [3.63, 3.8) is 0 Å². The van der Waals surface area contributed by atoms with Gasteiger partial charge in [-0.3, -0.25) is 4.79 Å². The number of amides is 1. The predicted octanol–water partition coefficient (Wildman–Crippen LogP) is 2.39. The SMILES string of the molecule is CCCCCS(=O)(=O)c1cc(C)c(C(=O)N=C(N)N)cc1C(F)(F)F. The minimum Gasteiger partial charge on any atom is -0.370 e. The van der Waals surface area contributed by atoms with Gasteiger partial charge in [-0.25, -0.2) is 8.42 Å². The molecule has 1 aromatic carbocycles. The number of aryl methyl sites for hydroxylation is 1. The maximum atomic E-state index is 13.3. The molecule has 0 saturated carbocycles. The molecule has 0 aromatic heterocycles. The summed E-state index contributed by atoms with van der Waals surface area (Å²) in [7, 11) is -4.15. The number of aliphatic imine (C=N–C) groups is 1. The molecule has 0 bridgehead atoms. The molecular weight excluding hydrogens is 359 g/mol. The molecule has 0 aliphatic heterocycles. The highest BCUT2D eigenvalue weighted by molar-refractivity contribution is 7.91. The molecule has 1 aromatic rings. The Morgan fingerprint density at radius 1 is 1.20 bits per heavy atom. The Hall–Kier alpha value is -2.10. The van der Waals surface area contributed by atoms with Crippen molar-refractivity contribution in [2.75, 3.05) is 5.75 Å². The lowest BCUT2D eigenvalue weighted by molar-refractivity contribution is -0.139. The number of benzene rings is 1. The van der Waals surface area contributed by atoms with Crippen molar-refractivity contribution in [2.24, 2.45) is 16.5 Å². The van der Waals surface area contributed by atoms with Crippen LogP contribution in [-0.2, 0) is 16.0 Å². The second-order valence-corrected chi connectivity index (χ2v) is 7.61. The summed E-state index contributed by atoms with van der Waals surface area (Å²) in [5.74, 6) is -2.07. The summed E-state index contributed by atoms with van der Waals surface area (Å²) in [6.07, 6.45) is -3.38. The molecule has 140 valence electrons. The minimum absolute atomic E-state index is 0.0390. The molecular formula is C15H20F3N3O3S.